The number of hydrogen-bond donors (Lipinski definition) is 1. The summed E-state index contributed by atoms with van der Waals surface area (Å²) in [5.41, 5.74) is 7.79. The SMILES string of the molecule is CCN(CC)CCCN(CC)c1ccc(C(N)=S)cc1Br. The van der Waals surface area contributed by atoms with Gasteiger partial charge in [0.15, 0.2) is 0 Å². The van der Waals surface area contributed by atoms with Crippen molar-refractivity contribution in [3.05, 3.63) is 28.2 Å². The molecule has 3 nitrogen and oxygen atoms in total. The zero-order valence-corrected chi connectivity index (χ0v) is 15.6. The average Bonchev–Trinajstić information content (AvgIpc) is 2.48. The lowest BCUT2D eigenvalue weighted by molar-refractivity contribution is 0.301. The number of nitrogens with two attached hydrogens (primary N) is 1. The van der Waals surface area contributed by atoms with Crippen molar-refractivity contribution in [2.75, 3.05) is 37.6 Å². The molecule has 2 N–H and O–H groups in total. The lowest BCUT2D eigenvalue weighted by Crippen LogP contribution is -2.30. The van der Waals surface area contributed by atoms with Crippen LogP contribution in [0, 0.1) is 0 Å². The Morgan fingerprint density at radius 3 is 2.29 bits per heavy atom. The molecule has 0 aliphatic carbocycles. The maximum atomic E-state index is 5.68. The van der Waals surface area contributed by atoms with E-state index in [1.165, 1.54) is 12.1 Å². The number of nitrogens with zero attached hydrogens (tertiary/aromatic N) is 2. The van der Waals surface area contributed by atoms with Crippen LogP contribution in [0.25, 0.3) is 0 Å². The number of thiocarbonyl (C=S) groups is 1. The van der Waals surface area contributed by atoms with Crippen LogP contribution in [0.1, 0.15) is 32.8 Å². The van der Waals surface area contributed by atoms with Gasteiger partial charge in [-0.2, -0.15) is 0 Å². The molecule has 0 aliphatic rings. The lowest BCUT2D eigenvalue weighted by atomic mass is 10.2. The number of hydrogen-bond acceptors (Lipinski definition) is 3. The van der Waals surface area contributed by atoms with Crippen molar-refractivity contribution in [2.24, 2.45) is 5.73 Å². The molecule has 0 saturated heterocycles. The first-order valence-electron chi connectivity index (χ1n) is 7.60. The van der Waals surface area contributed by atoms with E-state index in [1.54, 1.807) is 0 Å². The predicted octanol–water partition coefficient (Wildman–Crippen LogP) is 3.64. The van der Waals surface area contributed by atoms with Gasteiger partial charge in [-0.3, -0.25) is 0 Å². The first-order valence-corrected chi connectivity index (χ1v) is 8.80. The van der Waals surface area contributed by atoms with Crippen LogP contribution in [0.4, 0.5) is 5.69 Å². The fourth-order valence-electron chi connectivity index (χ4n) is 2.39. The highest BCUT2D eigenvalue weighted by atomic mass is 79.9. The summed E-state index contributed by atoms with van der Waals surface area (Å²) in [5.74, 6) is 0. The third-order valence-electron chi connectivity index (χ3n) is 3.75. The van der Waals surface area contributed by atoms with Crippen LogP contribution in [0.15, 0.2) is 22.7 Å². The van der Waals surface area contributed by atoms with Gasteiger partial charge >= 0.3 is 0 Å². The van der Waals surface area contributed by atoms with Gasteiger partial charge in [-0.1, -0.05) is 26.1 Å². The molecule has 0 spiro atoms. The molecule has 5 heteroatoms. The Labute approximate surface area is 142 Å². The summed E-state index contributed by atoms with van der Waals surface area (Å²) >= 11 is 8.66. The quantitative estimate of drug-likeness (QED) is 0.671. The van der Waals surface area contributed by atoms with Crippen molar-refractivity contribution < 1.29 is 0 Å². The molecule has 1 rings (SSSR count). The van der Waals surface area contributed by atoms with Gasteiger partial charge in [0.1, 0.15) is 4.99 Å². The van der Waals surface area contributed by atoms with E-state index < -0.39 is 0 Å². The lowest BCUT2D eigenvalue weighted by Gasteiger charge is -2.26. The maximum Gasteiger partial charge on any atom is 0.104 e. The first-order chi connectivity index (χ1) is 10.0. The molecular formula is C16H26BrN3S. The second kappa shape index (κ2) is 9.38. The molecule has 0 amide bonds. The van der Waals surface area contributed by atoms with E-state index in [9.17, 15) is 0 Å². The van der Waals surface area contributed by atoms with Crippen molar-refractivity contribution in [2.45, 2.75) is 27.2 Å². The average molecular weight is 372 g/mol. The van der Waals surface area contributed by atoms with Crippen molar-refractivity contribution >= 4 is 38.8 Å². The Kier molecular flexibility index (Phi) is 8.22. The molecular weight excluding hydrogens is 346 g/mol. The van der Waals surface area contributed by atoms with E-state index in [1.807, 2.05) is 12.1 Å². The Bertz CT molecular complexity index is 461. The minimum Gasteiger partial charge on any atom is -0.389 e. The van der Waals surface area contributed by atoms with Crippen LogP contribution in [-0.2, 0) is 0 Å². The molecule has 1 aromatic carbocycles. The third-order valence-corrected chi connectivity index (χ3v) is 4.62. The molecule has 0 radical (unpaired) electrons. The molecule has 0 aromatic heterocycles. The van der Waals surface area contributed by atoms with Crippen LogP contribution in [0.3, 0.4) is 0 Å². The van der Waals surface area contributed by atoms with Crippen LogP contribution in [-0.4, -0.2) is 42.6 Å². The summed E-state index contributed by atoms with van der Waals surface area (Å²) in [4.78, 5) is 5.28. The van der Waals surface area contributed by atoms with E-state index in [0.29, 0.717) is 4.99 Å². The van der Waals surface area contributed by atoms with E-state index in [-0.39, 0.29) is 0 Å². The highest BCUT2D eigenvalue weighted by molar-refractivity contribution is 9.10. The Balaban J connectivity index is 2.69. The van der Waals surface area contributed by atoms with E-state index >= 15 is 0 Å². The largest absolute Gasteiger partial charge is 0.389 e. The minimum absolute atomic E-state index is 0.437. The monoisotopic (exact) mass is 371 g/mol. The van der Waals surface area contributed by atoms with Crippen molar-refractivity contribution in [3.8, 4) is 0 Å². The van der Waals surface area contributed by atoms with Gasteiger partial charge in [0.25, 0.3) is 0 Å². The van der Waals surface area contributed by atoms with Gasteiger partial charge in [0, 0.05) is 23.1 Å². The number of rotatable bonds is 9. The summed E-state index contributed by atoms with van der Waals surface area (Å²) in [6.45, 7) is 12.0. The third kappa shape index (κ3) is 5.57. The highest BCUT2D eigenvalue weighted by Gasteiger charge is 2.10. The molecule has 1 aromatic rings. The molecule has 0 unspecified atom stereocenters. The number of anilines is 1. The Morgan fingerprint density at radius 1 is 1.14 bits per heavy atom. The molecule has 0 aliphatic heterocycles. The normalized spacial score (nSPS) is 10.9. The second-order valence-corrected chi connectivity index (χ2v) is 6.28. The maximum absolute atomic E-state index is 5.68. The van der Waals surface area contributed by atoms with Crippen molar-refractivity contribution in [1.29, 1.82) is 0 Å². The standard InChI is InChI=1S/C16H26BrN3S/c1-4-19(5-2)10-7-11-20(6-3)15-9-8-13(16(18)21)12-14(15)17/h8-9,12H,4-7,10-11H2,1-3H3,(H2,18,21). The van der Waals surface area contributed by atoms with Crippen LogP contribution in [0.5, 0.6) is 0 Å². The predicted molar refractivity (Wildman–Crippen MR) is 100 cm³/mol. The fraction of sp³-hybridized carbons (Fsp3) is 0.562. The van der Waals surface area contributed by atoms with E-state index in [2.05, 4.69) is 52.6 Å². The first kappa shape index (κ1) is 18.4. The minimum atomic E-state index is 0.437. The molecule has 21 heavy (non-hydrogen) atoms. The molecule has 0 atom stereocenters. The Morgan fingerprint density at radius 2 is 1.81 bits per heavy atom. The number of benzene rings is 1. The zero-order chi connectivity index (χ0) is 15.8. The fourth-order valence-corrected chi connectivity index (χ4v) is 3.15. The zero-order valence-electron chi connectivity index (χ0n) is 13.2. The molecule has 0 fully saturated rings. The van der Waals surface area contributed by atoms with Crippen molar-refractivity contribution in [3.63, 3.8) is 0 Å². The van der Waals surface area contributed by atoms with Gasteiger partial charge in [-0.05, 0) is 67.1 Å². The molecule has 118 valence electrons. The highest BCUT2D eigenvalue weighted by Crippen LogP contribution is 2.27. The smallest absolute Gasteiger partial charge is 0.104 e. The van der Waals surface area contributed by atoms with Gasteiger partial charge in [-0.15, -0.1) is 0 Å². The summed E-state index contributed by atoms with van der Waals surface area (Å²) in [5, 5.41) is 0. The topological polar surface area (TPSA) is 32.5 Å². The molecule has 0 saturated carbocycles. The summed E-state index contributed by atoms with van der Waals surface area (Å²) in [6.07, 6.45) is 1.17. The van der Waals surface area contributed by atoms with Gasteiger partial charge in [-0.25, -0.2) is 0 Å². The summed E-state index contributed by atoms with van der Waals surface area (Å²) < 4.78 is 1.05. The van der Waals surface area contributed by atoms with Crippen molar-refractivity contribution in [1.82, 2.24) is 4.90 Å². The number of halogens is 1. The van der Waals surface area contributed by atoms with Gasteiger partial charge in [0.05, 0.1) is 5.69 Å². The molecule has 0 heterocycles. The summed E-state index contributed by atoms with van der Waals surface area (Å²) in [7, 11) is 0. The second-order valence-electron chi connectivity index (χ2n) is 4.99. The van der Waals surface area contributed by atoms with Crippen LogP contribution < -0.4 is 10.6 Å². The van der Waals surface area contributed by atoms with Gasteiger partial charge < -0.3 is 15.5 Å². The van der Waals surface area contributed by atoms with Crippen LogP contribution >= 0.6 is 28.1 Å². The van der Waals surface area contributed by atoms with E-state index in [4.69, 9.17) is 18.0 Å². The summed E-state index contributed by atoms with van der Waals surface area (Å²) in [6, 6.07) is 6.10. The van der Waals surface area contributed by atoms with Crippen LogP contribution in [0.2, 0.25) is 0 Å². The van der Waals surface area contributed by atoms with E-state index in [0.717, 1.165) is 42.8 Å². The van der Waals surface area contributed by atoms with Gasteiger partial charge in [0.2, 0.25) is 0 Å². The molecule has 0 bridgehead atoms. The Hall–Kier alpha value is -0.650.